The Balaban J connectivity index is 2.88. The number of halogens is 39. The number of rotatable bonds is 17. The first kappa shape index (κ1) is 63.7. The molecule has 1 unspecified atom stereocenters. The highest BCUT2D eigenvalue weighted by Crippen LogP contribution is 2.68. The summed E-state index contributed by atoms with van der Waals surface area (Å²) in [5.74, 6) is -144. The van der Waals surface area contributed by atoms with Gasteiger partial charge in [0.2, 0.25) is 0 Å². The standard InChI is InChI=1S/C32H12F39N3/c33-15(34,18(39,40)21(45,46)24(51,52)27(57,58)30(63,64)65)11-12(16(35,36)19(41,42)22(47,48)25(53,54)28(59,60)31(66,67)68)73-14(74-8-4-7-10(74)9-5-2-1-3-6-9)13(72-11)17(37,38)20(43,44)23(49,50)26(55,56)29(61,62)32(69,70)71/h1-3,5-6,10H,4,7-8H2. The maximum Gasteiger partial charge on any atom is 0.460 e. The van der Waals surface area contributed by atoms with Gasteiger partial charge in [-0.05, 0) is 18.4 Å². The van der Waals surface area contributed by atoms with E-state index < -0.39 is 166 Å². The molecule has 0 amide bonds. The van der Waals surface area contributed by atoms with Crippen LogP contribution < -0.4 is 4.90 Å². The first-order valence-corrected chi connectivity index (χ1v) is 17.7. The number of nitrogens with zero attached hydrogens (tertiary/aromatic N) is 3. The van der Waals surface area contributed by atoms with Crippen molar-refractivity contribution in [3.05, 3.63) is 53.0 Å². The van der Waals surface area contributed by atoms with E-state index in [4.69, 9.17) is 0 Å². The molecule has 2 aromatic rings. The van der Waals surface area contributed by atoms with Crippen molar-refractivity contribution in [2.24, 2.45) is 0 Å². The van der Waals surface area contributed by atoms with Gasteiger partial charge in [-0.1, -0.05) is 30.3 Å². The van der Waals surface area contributed by atoms with Gasteiger partial charge in [-0.2, -0.15) is 171 Å². The summed E-state index contributed by atoms with van der Waals surface area (Å²) in [6.45, 7) is -1.91. The Labute approximate surface area is 378 Å². The van der Waals surface area contributed by atoms with Crippen LogP contribution in [0.5, 0.6) is 0 Å². The van der Waals surface area contributed by atoms with Crippen molar-refractivity contribution in [3.8, 4) is 0 Å². The molecule has 0 radical (unpaired) electrons. The predicted octanol–water partition coefficient (Wildman–Crippen LogP) is 15.4. The summed E-state index contributed by atoms with van der Waals surface area (Å²) in [6.07, 6.45) is -27.7. The van der Waals surface area contributed by atoms with Crippen molar-refractivity contribution < 1.29 is 171 Å². The molecule has 3 nitrogen and oxygen atoms in total. The van der Waals surface area contributed by atoms with E-state index in [1.54, 1.807) is 0 Å². The Hall–Kier alpha value is -4.63. The molecule has 74 heavy (non-hydrogen) atoms. The predicted molar refractivity (Wildman–Crippen MR) is 157 cm³/mol. The van der Waals surface area contributed by atoms with Crippen molar-refractivity contribution in [2.75, 3.05) is 11.4 Å². The van der Waals surface area contributed by atoms with Gasteiger partial charge >= 0.3 is 107 Å². The summed E-state index contributed by atoms with van der Waals surface area (Å²) < 4.78 is 556. The van der Waals surface area contributed by atoms with Gasteiger partial charge in [0, 0.05) is 6.54 Å². The monoisotopic (exact) mass is 1180 g/mol. The molecule has 1 atom stereocenters. The molecule has 2 heterocycles. The van der Waals surface area contributed by atoms with E-state index in [1.165, 1.54) is 4.98 Å². The summed E-state index contributed by atoms with van der Waals surface area (Å²) in [5, 5.41) is 0. The van der Waals surface area contributed by atoms with Crippen LogP contribution in [0.1, 0.15) is 41.5 Å². The fraction of sp³-hybridized carbons (Fsp3) is 0.688. The fourth-order valence-electron chi connectivity index (χ4n) is 6.07. The van der Waals surface area contributed by atoms with Crippen LogP contribution in [-0.2, 0) is 17.8 Å². The normalized spacial score (nSPS) is 18.1. The molecule has 0 bridgehead atoms. The van der Waals surface area contributed by atoms with Gasteiger partial charge in [0.1, 0.15) is 11.4 Å². The second-order valence-corrected chi connectivity index (χ2v) is 15.0. The topological polar surface area (TPSA) is 29.0 Å². The minimum atomic E-state index is -9.79. The quantitative estimate of drug-likeness (QED) is 0.148. The van der Waals surface area contributed by atoms with E-state index in [9.17, 15) is 119 Å². The van der Waals surface area contributed by atoms with Crippen molar-refractivity contribution in [1.82, 2.24) is 9.97 Å². The number of alkyl halides is 39. The van der Waals surface area contributed by atoms with E-state index in [-0.39, 0.29) is 0 Å². The van der Waals surface area contributed by atoms with E-state index in [0.717, 1.165) is 6.07 Å². The largest absolute Gasteiger partial charge is 0.460 e. The third-order valence-corrected chi connectivity index (χ3v) is 10.3. The summed E-state index contributed by atoms with van der Waals surface area (Å²) in [7, 11) is 0. The summed E-state index contributed by atoms with van der Waals surface area (Å²) >= 11 is 0. The van der Waals surface area contributed by atoms with Crippen LogP contribution in [0.2, 0.25) is 0 Å². The molecule has 1 aromatic carbocycles. The van der Waals surface area contributed by atoms with Gasteiger partial charge in [0.05, 0.1) is 6.04 Å². The molecular weight excluding hydrogens is 1170 g/mol. The molecule has 42 heteroatoms. The van der Waals surface area contributed by atoms with Crippen molar-refractivity contribution in [1.29, 1.82) is 0 Å². The van der Waals surface area contributed by atoms with Gasteiger partial charge in [0.25, 0.3) is 0 Å². The van der Waals surface area contributed by atoms with Gasteiger partial charge in [0.15, 0.2) is 11.5 Å². The summed E-state index contributed by atoms with van der Waals surface area (Å²) in [6, 6.07) is 0.463. The highest BCUT2D eigenvalue weighted by molar-refractivity contribution is 5.53. The molecule has 0 saturated carbocycles. The van der Waals surface area contributed by atoms with Crippen LogP contribution in [0.3, 0.4) is 0 Å². The summed E-state index contributed by atoms with van der Waals surface area (Å²) in [4.78, 5) is 0.868. The molecule has 1 aliphatic heterocycles. The number of benzene rings is 1. The second kappa shape index (κ2) is 17.2. The molecule has 0 N–H and O–H groups in total. The maximum atomic E-state index is 16.0. The van der Waals surface area contributed by atoms with E-state index in [1.807, 2.05) is 0 Å². The lowest BCUT2D eigenvalue weighted by Gasteiger charge is -2.42. The molecule has 3 rings (SSSR count). The lowest BCUT2D eigenvalue weighted by atomic mass is 9.87. The van der Waals surface area contributed by atoms with Crippen LogP contribution in [0.4, 0.5) is 177 Å². The Kier molecular flexibility index (Phi) is 14.8. The maximum absolute atomic E-state index is 16.0. The molecule has 1 saturated heterocycles. The SMILES string of the molecule is FC(F)(F)C(F)(F)C(F)(F)C(F)(F)C(F)(F)C(F)(F)c1nc(C(F)(F)C(F)(F)C(F)(F)C(F)(F)C(F)(F)C(F)(F)F)c(C(F)(F)C(F)(F)C(F)(F)C(F)(F)C(F)(F)C(F)(F)F)nc1N1CCCC1c1ccccc1. The second-order valence-electron chi connectivity index (χ2n) is 15.0. The fourth-order valence-corrected chi connectivity index (χ4v) is 6.07. The van der Waals surface area contributed by atoms with Crippen molar-refractivity contribution >= 4 is 5.82 Å². The number of anilines is 1. The zero-order valence-electron chi connectivity index (χ0n) is 33.2. The van der Waals surface area contributed by atoms with Crippen LogP contribution >= 0.6 is 0 Å². The van der Waals surface area contributed by atoms with Crippen LogP contribution in [0.25, 0.3) is 0 Å². The molecule has 1 aromatic heterocycles. The average molecular weight is 1180 g/mol. The smallest absolute Gasteiger partial charge is 0.348 e. The molecular formula is C32H12F39N3. The molecule has 0 spiro atoms. The van der Waals surface area contributed by atoms with Crippen molar-refractivity contribution in [3.63, 3.8) is 0 Å². The Morgan fingerprint density at radius 3 is 0.851 bits per heavy atom. The lowest BCUT2D eigenvalue weighted by molar-refractivity contribution is -0.444. The first-order chi connectivity index (χ1) is 32.0. The van der Waals surface area contributed by atoms with Crippen LogP contribution in [0.15, 0.2) is 30.3 Å². The molecule has 0 aliphatic carbocycles. The number of hydrogen-bond acceptors (Lipinski definition) is 3. The summed E-state index contributed by atoms with van der Waals surface area (Å²) in [5.41, 5.74) is -17.6. The Morgan fingerprint density at radius 1 is 0.311 bits per heavy atom. The first-order valence-electron chi connectivity index (χ1n) is 17.7. The zero-order chi connectivity index (χ0) is 59.1. The Morgan fingerprint density at radius 2 is 0.568 bits per heavy atom. The highest BCUT2D eigenvalue weighted by Gasteiger charge is 2.95. The lowest BCUT2D eigenvalue weighted by Crippen LogP contribution is -2.70. The van der Waals surface area contributed by atoms with Gasteiger partial charge in [-0.3, -0.25) is 0 Å². The molecule has 1 aliphatic rings. The van der Waals surface area contributed by atoms with E-state index in [2.05, 4.69) is 0 Å². The average Bonchev–Trinajstić information content (AvgIpc) is 3.71. The van der Waals surface area contributed by atoms with E-state index >= 15 is 52.7 Å². The molecule has 1 fully saturated rings. The van der Waals surface area contributed by atoms with Crippen molar-refractivity contribution in [2.45, 2.75) is 126 Å². The van der Waals surface area contributed by atoms with Gasteiger partial charge in [-0.15, -0.1) is 0 Å². The third-order valence-electron chi connectivity index (χ3n) is 10.3. The van der Waals surface area contributed by atoms with Gasteiger partial charge in [-0.25, -0.2) is 9.97 Å². The Bertz CT molecular complexity index is 2360. The van der Waals surface area contributed by atoms with Crippen LogP contribution in [0, 0.1) is 0 Å². The molecule has 428 valence electrons. The minimum Gasteiger partial charge on any atom is -0.348 e. The highest BCUT2D eigenvalue weighted by atomic mass is 19.5. The third kappa shape index (κ3) is 8.19. The van der Waals surface area contributed by atoms with Crippen LogP contribution in [-0.4, -0.2) is 106 Å². The number of aromatic nitrogens is 2. The van der Waals surface area contributed by atoms with E-state index in [0.29, 0.717) is 29.2 Å². The van der Waals surface area contributed by atoms with Gasteiger partial charge < -0.3 is 4.90 Å². The number of hydrogen-bond donors (Lipinski definition) is 0. The minimum absolute atomic E-state index is 0.478. The zero-order valence-corrected chi connectivity index (χ0v) is 33.2.